The second-order valence-electron chi connectivity index (χ2n) is 9.00. The molecule has 1 aliphatic heterocycles. The number of fused-ring (bicyclic) bond motifs is 1. The molecule has 3 aromatic rings. The van der Waals surface area contributed by atoms with Gasteiger partial charge in [0.1, 0.15) is 12.0 Å². The molecular formula is C25H24F5N7O4. The van der Waals surface area contributed by atoms with Crippen LogP contribution in [-0.4, -0.2) is 66.9 Å². The summed E-state index contributed by atoms with van der Waals surface area (Å²) < 4.78 is 71.5. The number of amides is 2. The lowest BCUT2D eigenvalue weighted by Crippen LogP contribution is -2.41. The van der Waals surface area contributed by atoms with Gasteiger partial charge in [-0.2, -0.15) is 18.3 Å². The molecule has 0 spiro atoms. The molecule has 0 bridgehead atoms. The molecule has 41 heavy (non-hydrogen) atoms. The van der Waals surface area contributed by atoms with Gasteiger partial charge < -0.3 is 26.0 Å². The highest BCUT2D eigenvalue weighted by molar-refractivity contribution is 6.07. The summed E-state index contributed by atoms with van der Waals surface area (Å²) in [6.07, 6.45) is -5.09. The summed E-state index contributed by atoms with van der Waals surface area (Å²) >= 11 is 0. The lowest BCUT2D eigenvalue weighted by atomic mass is 10.0. The van der Waals surface area contributed by atoms with Crippen molar-refractivity contribution in [2.24, 2.45) is 4.99 Å². The fourth-order valence-electron chi connectivity index (χ4n) is 4.00. The van der Waals surface area contributed by atoms with Gasteiger partial charge in [0.15, 0.2) is 5.96 Å². The van der Waals surface area contributed by atoms with Crippen molar-refractivity contribution in [3.63, 3.8) is 0 Å². The summed E-state index contributed by atoms with van der Waals surface area (Å²) in [4.78, 5) is 41.5. The third-order valence-corrected chi connectivity index (χ3v) is 6.01. The fraction of sp³-hybridized carbons (Fsp3) is 0.320. The molecule has 0 saturated heterocycles. The second-order valence-corrected chi connectivity index (χ2v) is 9.00. The minimum absolute atomic E-state index is 0.0384. The summed E-state index contributed by atoms with van der Waals surface area (Å²) in [5, 5.41) is 17.8. The van der Waals surface area contributed by atoms with Crippen molar-refractivity contribution in [2.45, 2.75) is 24.8 Å². The Morgan fingerprint density at radius 1 is 1.17 bits per heavy atom. The van der Waals surface area contributed by atoms with E-state index in [0.717, 1.165) is 13.2 Å². The van der Waals surface area contributed by atoms with Gasteiger partial charge in [-0.15, -0.1) is 0 Å². The van der Waals surface area contributed by atoms with E-state index in [0.29, 0.717) is 28.6 Å². The normalized spacial score (nSPS) is 15.9. The van der Waals surface area contributed by atoms with Crippen LogP contribution in [0.4, 0.5) is 27.6 Å². The third-order valence-electron chi connectivity index (χ3n) is 6.01. The van der Waals surface area contributed by atoms with Gasteiger partial charge in [0.25, 0.3) is 5.91 Å². The van der Waals surface area contributed by atoms with Crippen LogP contribution < -0.4 is 21.3 Å². The smallest absolute Gasteiger partial charge is 0.416 e. The number of carbonyl (C=O) groups is 3. The molecule has 0 saturated carbocycles. The number of alkyl halides is 4. The van der Waals surface area contributed by atoms with Crippen LogP contribution in [0.3, 0.4) is 0 Å². The van der Waals surface area contributed by atoms with Crippen LogP contribution in [0.25, 0.3) is 10.9 Å². The maximum Gasteiger partial charge on any atom is 0.416 e. The number of ether oxygens (including phenoxy) is 1. The van der Waals surface area contributed by atoms with E-state index in [1.807, 2.05) is 0 Å². The quantitative estimate of drug-likeness (QED) is 0.203. The van der Waals surface area contributed by atoms with Crippen molar-refractivity contribution in [3.8, 4) is 0 Å². The zero-order valence-corrected chi connectivity index (χ0v) is 21.4. The molecule has 16 heteroatoms. The van der Waals surface area contributed by atoms with Gasteiger partial charge in [-0.3, -0.25) is 19.5 Å². The minimum atomic E-state index is -4.87. The maximum atomic E-state index is 14.0. The van der Waals surface area contributed by atoms with Crippen molar-refractivity contribution >= 4 is 40.3 Å². The molecule has 218 valence electrons. The average molecular weight is 582 g/mol. The van der Waals surface area contributed by atoms with Crippen LogP contribution in [0, 0.1) is 5.82 Å². The lowest BCUT2D eigenvalue weighted by molar-refractivity contribution is -0.141. The third kappa shape index (κ3) is 7.46. The number of methoxy groups -OCH3 is 1. The first-order chi connectivity index (χ1) is 19.4. The molecule has 1 unspecified atom stereocenters. The number of guanidine groups is 1. The molecule has 0 radical (unpaired) electrons. The van der Waals surface area contributed by atoms with Gasteiger partial charge in [0.05, 0.1) is 62.2 Å². The highest BCUT2D eigenvalue weighted by Gasteiger charge is 2.32. The van der Waals surface area contributed by atoms with Gasteiger partial charge in [-0.1, -0.05) is 0 Å². The number of H-pyrrole nitrogens is 1. The Balaban J connectivity index is 1.47. The van der Waals surface area contributed by atoms with Crippen LogP contribution in [-0.2, 0) is 20.5 Å². The van der Waals surface area contributed by atoms with Crippen LogP contribution in [0.1, 0.15) is 33.9 Å². The number of hydrogen-bond acceptors (Lipinski definition) is 8. The molecule has 5 N–H and O–H groups in total. The predicted octanol–water partition coefficient (Wildman–Crippen LogP) is 2.58. The number of aliphatic imine (C=N–C) groups is 1. The maximum absolute atomic E-state index is 14.0. The van der Waals surface area contributed by atoms with Crippen molar-refractivity contribution in [3.05, 3.63) is 59.0 Å². The van der Waals surface area contributed by atoms with E-state index in [1.54, 1.807) is 0 Å². The van der Waals surface area contributed by atoms with Gasteiger partial charge in [0, 0.05) is 10.9 Å². The first-order valence-corrected chi connectivity index (χ1v) is 12.1. The molecule has 1 aromatic heterocycles. The standard InChI is InChI=1S/C25H24F5N7O4/c1-41-22(39)7-18(12-2-14(25(28,29)30)6-15(26)3-12)35-21(38)11-31-23(40)13-4-19(17-10-34-37-20(17)5-13)36-24-32-8-16(27)9-33-24/h2-6,10,16,18H,7-9,11H2,1H3,(H,31,40)(H,34,37)(H,35,38)(H2,32,33,36)/t18-/m0/s1. The number of esters is 1. The van der Waals surface area contributed by atoms with Gasteiger partial charge in [0.2, 0.25) is 5.91 Å². The second kappa shape index (κ2) is 12.2. The number of nitrogens with zero attached hydrogens (tertiary/aromatic N) is 2. The first kappa shape index (κ1) is 29.2. The van der Waals surface area contributed by atoms with Gasteiger partial charge in [-0.25, -0.2) is 13.8 Å². The number of aromatic amines is 1. The molecular weight excluding hydrogens is 557 g/mol. The number of aromatic nitrogens is 2. The monoisotopic (exact) mass is 581 g/mol. The molecule has 0 aliphatic carbocycles. The molecule has 0 fully saturated rings. The summed E-state index contributed by atoms with van der Waals surface area (Å²) in [6, 6.07) is 3.21. The van der Waals surface area contributed by atoms with Gasteiger partial charge in [-0.05, 0) is 35.9 Å². The number of benzene rings is 2. The predicted molar refractivity (Wildman–Crippen MR) is 136 cm³/mol. The Kier molecular flexibility index (Phi) is 8.68. The number of carbonyl (C=O) groups excluding carboxylic acids is 3. The van der Waals surface area contributed by atoms with Crippen LogP contribution in [0.15, 0.2) is 41.5 Å². The van der Waals surface area contributed by atoms with Crippen LogP contribution >= 0.6 is 0 Å². The molecule has 2 atom stereocenters. The average Bonchev–Trinajstić information content (AvgIpc) is 3.41. The Bertz CT molecular complexity index is 1490. The SMILES string of the molecule is COC(=O)C[C@H](NC(=O)CNC(=O)c1cc(NC2=NCC(F)CN2)c2cn[nH]c2c1)c1cc(F)cc(C(F)(F)F)c1. The molecule has 11 nitrogen and oxygen atoms in total. The highest BCUT2D eigenvalue weighted by Crippen LogP contribution is 2.32. The van der Waals surface area contributed by atoms with E-state index in [1.165, 1.54) is 18.3 Å². The van der Waals surface area contributed by atoms with E-state index in [9.17, 15) is 36.3 Å². The molecule has 4 rings (SSSR count). The number of hydrogen-bond donors (Lipinski definition) is 5. The first-order valence-electron chi connectivity index (χ1n) is 12.1. The number of rotatable bonds is 8. The lowest BCUT2D eigenvalue weighted by Gasteiger charge is -2.20. The minimum Gasteiger partial charge on any atom is -0.469 e. The molecule has 1 aliphatic rings. The van der Waals surface area contributed by atoms with Crippen molar-refractivity contribution in [2.75, 3.05) is 32.1 Å². The van der Waals surface area contributed by atoms with E-state index < -0.39 is 60.5 Å². The largest absolute Gasteiger partial charge is 0.469 e. The van der Waals surface area contributed by atoms with Crippen molar-refractivity contribution < 1.29 is 41.1 Å². The summed E-state index contributed by atoms with van der Waals surface area (Å²) in [5.41, 5.74) is -0.639. The van der Waals surface area contributed by atoms with Crippen LogP contribution in [0.5, 0.6) is 0 Å². The Morgan fingerprint density at radius 3 is 2.63 bits per heavy atom. The molecule has 2 amide bonds. The van der Waals surface area contributed by atoms with Gasteiger partial charge >= 0.3 is 12.1 Å². The Hall–Kier alpha value is -4.76. The van der Waals surface area contributed by atoms with E-state index in [-0.39, 0.29) is 30.3 Å². The Morgan fingerprint density at radius 2 is 1.95 bits per heavy atom. The Labute approximate surface area is 228 Å². The number of halogens is 5. The number of nitrogens with one attached hydrogen (secondary N) is 5. The number of anilines is 1. The van der Waals surface area contributed by atoms with Crippen LogP contribution in [0.2, 0.25) is 0 Å². The zero-order valence-electron chi connectivity index (χ0n) is 21.4. The summed E-state index contributed by atoms with van der Waals surface area (Å²) in [7, 11) is 1.04. The topological polar surface area (TPSA) is 150 Å². The highest BCUT2D eigenvalue weighted by atomic mass is 19.4. The van der Waals surface area contributed by atoms with Crippen molar-refractivity contribution in [1.29, 1.82) is 0 Å². The van der Waals surface area contributed by atoms with E-state index in [4.69, 9.17) is 0 Å². The van der Waals surface area contributed by atoms with E-state index >= 15 is 0 Å². The van der Waals surface area contributed by atoms with E-state index in [2.05, 4.69) is 41.2 Å². The summed E-state index contributed by atoms with van der Waals surface area (Å²) in [6.45, 7) is -0.614. The zero-order chi connectivity index (χ0) is 29.7. The molecule has 2 aromatic carbocycles. The fourth-order valence-corrected chi connectivity index (χ4v) is 4.00. The van der Waals surface area contributed by atoms with Crippen molar-refractivity contribution in [1.82, 2.24) is 26.1 Å². The molecule has 2 heterocycles. The summed E-state index contributed by atoms with van der Waals surface area (Å²) in [5.74, 6) is -3.36.